The quantitative estimate of drug-likeness (QED) is 0.813. The van der Waals surface area contributed by atoms with Gasteiger partial charge in [-0.2, -0.15) is 0 Å². The summed E-state index contributed by atoms with van der Waals surface area (Å²) in [5.41, 5.74) is 1.14. The molecule has 0 saturated carbocycles. The van der Waals surface area contributed by atoms with Crippen molar-refractivity contribution < 1.29 is 14.6 Å². The number of aliphatic hydroxyl groups excluding tert-OH is 1. The maximum Gasteiger partial charge on any atom is 0.308 e. The molecular weight excluding hydrogens is 298 g/mol. The van der Waals surface area contributed by atoms with Gasteiger partial charge in [0.15, 0.2) is 0 Å². The summed E-state index contributed by atoms with van der Waals surface area (Å²) >= 11 is 3.48. The van der Waals surface area contributed by atoms with Crippen LogP contribution in [0.15, 0.2) is 28.7 Å². The van der Waals surface area contributed by atoms with E-state index in [-0.39, 0.29) is 6.42 Å². The Morgan fingerprint density at radius 1 is 1.50 bits per heavy atom. The fourth-order valence-electron chi connectivity index (χ4n) is 1.68. The van der Waals surface area contributed by atoms with Crippen LogP contribution in [0.2, 0.25) is 0 Å². The highest BCUT2D eigenvalue weighted by Crippen LogP contribution is 2.17. The lowest BCUT2D eigenvalue weighted by Crippen LogP contribution is -2.30. The number of nitrogens with zero attached hydrogens (tertiary/aromatic N) is 1. The molecule has 18 heavy (non-hydrogen) atoms. The van der Waals surface area contributed by atoms with E-state index in [9.17, 15) is 9.90 Å². The Bertz CT molecular complexity index is 398. The van der Waals surface area contributed by atoms with E-state index >= 15 is 0 Å². The molecule has 0 bridgehead atoms. The average Bonchev–Trinajstić information content (AvgIpc) is 2.31. The van der Waals surface area contributed by atoms with Gasteiger partial charge < -0.3 is 9.84 Å². The number of carbonyl (C=O) groups is 1. The van der Waals surface area contributed by atoms with Crippen LogP contribution in [-0.2, 0) is 16.1 Å². The zero-order chi connectivity index (χ0) is 13.5. The molecule has 0 aliphatic carbocycles. The lowest BCUT2D eigenvalue weighted by Gasteiger charge is -2.20. The van der Waals surface area contributed by atoms with Gasteiger partial charge in [0.05, 0.1) is 19.6 Å². The summed E-state index contributed by atoms with van der Waals surface area (Å²) < 4.78 is 5.56. The Balaban J connectivity index is 2.44. The van der Waals surface area contributed by atoms with Gasteiger partial charge in [0.2, 0.25) is 0 Å². The van der Waals surface area contributed by atoms with Crippen molar-refractivity contribution in [3.63, 3.8) is 0 Å². The molecule has 0 aliphatic heterocycles. The Morgan fingerprint density at radius 3 is 2.78 bits per heavy atom. The summed E-state index contributed by atoms with van der Waals surface area (Å²) in [6.07, 6.45) is -0.679. The molecule has 1 rings (SSSR count). The summed E-state index contributed by atoms with van der Waals surface area (Å²) in [6.45, 7) is 1.14. The number of aliphatic hydroxyl groups is 1. The third-order valence-corrected chi connectivity index (χ3v) is 3.32. The number of ether oxygens (including phenoxy) is 1. The van der Waals surface area contributed by atoms with E-state index in [0.717, 1.165) is 10.0 Å². The van der Waals surface area contributed by atoms with Crippen LogP contribution in [0.4, 0.5) is 0 Å². The van der Waals surface area contributed by atoms with Gasteiger partial charge in [-0.1, -0.05) is 34.1 Å². The van der Waals surface area contributed by atoms with Gasteiger partial charge in [-0.05, 0) is 18.7 Å². The molecule has 0 spiro atoms. The van der Waals surface area contributed by atoms with Gasteiger partial charge in [-0.25, -0.2) is 0 Å². The molecule has 1 atom stereocenters. The summed E-state index contributed by atoms with van der Waals surface area (Å²) in [7, 11) is 3.22. The van der Waals surface area contributed by atoms with Crippen molar-refractivity contribution in [1.29, 1.82) is 0 Å². The van der Waals surface area contributed by atoms with E-state index in [2.05, 4.69) is 20.7 Å². The number of methoxy groups -OCH3 is 1. The van der Waals surface area contributed by atoms with Crippen molar-refractivity contribution in [2.45, 2.75) is 19.1 Å². The topological polar surface area (TPSA) is 49.8 Å². The average molecular weight is 316 g/mol. The Hall–Kier alpha value is -0.910. The van der Waals surface area contributed by atoms with Gasteiger partial charge in [-0.15, -0.1) is 0 Å². The molecule has 5 heteroatoms. The SMILES string of the molecule is COC(=O)CC(O)CN(C)Cc1ccccc1Br. The molecule has 100 valence electrons. The first-order valence-electron chi connectivity index (χ1n) is 5.69. The second-order valence-electron chi connectivity index (χ2n) is 4.22. The maximum absolute atomic E-state index is 11.0. The van der Waals surface area contributed by atoms with E-state index < -0.39 is 12.1 Å². The van der Waals surface area contributed by atoms with Crippen LogP contribution in [-0.4, -0.2) is 42.8 Å². The summed E-state index contributed by atoms with van der Waals surface area (Å²) in [5.74, 6) is -0.392. The van der Waals surface area contributed by atoms with Crippen LogP contribution in [0, 0.1) is 0 Å². The minimum atomic E-state index is -0.704. The number of hydrogen-bond acceptors (Lipinski definition) is 4. The maximum atomic E-state index is 11.0. The zero-order valence-corrected chi connectivity index (χ0v) is 12.2. The molecule has 1 aromatic carbocycles. The molecule has 0 fully saturated rings. The second-order valence-corrected chi connectivity index (χ2v) is 5.08. The first-order chi connectivity index (χ1) is 8.52. The first-order valence-corrected chi connectivity index (χ1v) is 6.49. The van der Waals surface area contributed by atoms with E-state index in [1.807, 2.05) is 36.2 Å². The van der Waals surface area contributed by atoms with E-state index in [4.69, 9.17) is 0 Å². The molecular formula is C13H18BrNO3. The van der Waals surface area contributed by atoms with Gasteiger partial charge in [0.25, 0.3) is 0 Å². The number of esters is 1. The lowest BCUT2D eigenvalue weighted by molar-refractivity contribution is -0.143. The Labute approximate surface area is 116 Å². The van der Waals surface area contributed by atoms with Crippen molar-refractivity contribution in [2.75, 3.05) is 20.7 Å². The molecule has 0 amide bonds. The van der Waals surface area contributed by atoms with Crippen LogP contribution in [0.5, 0.6) is 0 Å². The van der Waals surface area contributed by atoms with Crippen molar-refractivity contribution in [2.24, 2.45) is 0 Å². The van der Waals surface area contributed by atoms with Gasteiger partial charge in [0.1, 0.15) is 0 Å². The standard InChI is InChI=1S/C13H18BrNO3/c1-15(9-11(16)7-13(17)18-2)8-10-5-3-4-6-12(10)14/h3-6,11,16H,7-9H2,1-2H3. The first kappa shape index (κ1) is 15.1. The number of benzene rings is 1. The molecule has 0 aromatic heterocycles. The number of halogens is 1. The van der Waals surface area contributed by atoms with Crippen molar-refractivity contribution in [3.05, 3.63) is 34.3 Å². The smallest absolute Gasteiger partial charge is 0.308 e. The second kappa shape index (κ2) is 7.51. The fraction of sp³-hybridized carbons (Fsp3) is 0.462. The highest BCUT2D eigenvalue weighted by Gasteiger charge is 2.14. The minimum absolute atomic E-state index is 0.0246. The highest BCUT2D eigenvalue weighted by atomic mass is 79.9. The molecule has 0 aliphatic rings. The minimum Gasteiger partial charge on any atom is -0.469 e. The summed E-state index contributed by atoms with van der Waals surface area (Å²) in [6, 6.07) is 7.93. The molecule has 0 radical (unpaired) electrons. The fourth-order valence-corrected chi connectivity index (χ4v) is 2.09. The normalized spacial score (nSPS) is 12.5. The molecule has 1 N–H and O–H groups in total. The predicted molar refractivity (Wildman–Crippen MR) is 73.1 cm³/mol. The van der Waals surface area contributed by atoms with Crippen molar-refractivity contribution in [1.82, 2.24) is 4.90 Å². The van der Waals surface area contributed by atoms with Gasteiger partial charge >= 0.3 is 5.97 Å². The van der Waals surface area contributed by atoms with E-state index in [1.165, 1.54) is 7.11 Å². The largest absolute Gasteiger partial charge is 0.469 e. The predicted octanol–water partition coefficient (Wildman–Crippen LogP) is 1.80. The number of rotatable bonds is 6. The molecule has 1 aromatic rings. The van der Waals surface area contributed by atoms with Crippen molar-refractivity contribution in [3.8, 4) is 0 Å². The van der Waals surface area contributed by atoms with Gasteiger partial charge in [0, 0.05) is 17.6 Å². The highest BCUT2D eigenvalue weighted by molar-refractivity contribution is 9.10. The van der Waals surface area contributed by atoms with Crippen LogP contribution in [0.25, 0.3) is 0 Å². The molecule has 1 unspecified atom stereocenters. The number of likely N-dealkylation sites (N-methyl/N-ethyl adjacent to an activating group) is 1. The molecule has 4 nitrogen and oxygen atoms in total. The van der Waals surface area contributed by atoms with Crippen molar-refractivity contribution >= 4 is 21.9 Å². The van der Waals surface area contributed by atoms with Crippen LogP contribution in [0.1, 0.15) is 12.0 Å². The Kier molecular flexibility index (Phi) is 6.32. The third kappa shape index (κ3) is 5.16. The van der Waals surface area contributed by atoms with E-state index in [0.29, 0.717) is 13.1 Å². The lowest BCUT2D eigenvalue weighted by atomic mass is 10.2. The number of hydrogen-bond donors (Lipinski definition) is 1. The monoisotopic (exact) mass is 315 g/mol. The summed E-state index contributed by atoms with van der Waals surface area (Å²) in [4.78, 5) is 13.0. The van der Waals surface area contributed by atoms with Crippen LogP contribution in [0.3, 0.4) is 0 Å². The van der Waals surface area contributed by atoms with Crippen LogP contribution >= 0.6 is 15.9 Å². The Morgan fingerprint density at radius 2 is 2.17 bits per heavy atom. The summed E-state index contributed by atoms with van der Waals surface area (Å²) in [5, 5.41) is 9.71. The molecule has 0 saturated heterocycles. The van der Waals surface area contributed by atoms with E-state index in [1.54, 1.807) is 0 Å². The number of carbonyl (C=O) groups excluding carboxylic acids is 1. The van der Waals surface area contributed by atoms with Crippen LogP contribution < -0.4 is 0 Å². The molecule has 0 heterocycles. The van der Waals surface area contributed by atoms with Gasteiger partial charge in [-0.3, -0.25) is 9.69 Å². The third-order valence-electron chi connectivity index (χ3n) is 2.55. The zero-order valence-electron chi connectivity index (χ0n) is 10.6.